The zero-order valence-corrected chi connectivity index (χ0v) is 11.9. The van der Waals surface area contributed by atoms with E-state index in [1.807, 2.05) is 13.1 Å². The van der Waals surface area contributed by atoms with Crippen LogP contribution in [0.5, 0.6) is 0 Å². The van der Waals surface area contributed by atoms with Crippen molar-refractivity contribution in [3.05, 3.63) is 18.2 Å². The van der Waals surface area contributed by atoms with Gasteiger partial charge < -0.3 is 15.0 Å². The normalized spacial score (nSPS) is 12.1. The van der Waals surface area contributed by atoms with Gasteiger partial charge in [0.05, 0.1) is 0 Å². The highest BCUT2D eigenvalue weighted by Gasteiger charge is 2.17. The van der Waals surface area contributed by atoms with Crippen molar-refractivity contribution in [3.8, 4) is 0 Å². The van der Waals surface area contributed by atoms with Gasteiger partial charge in [-0.15, -0.1) is 0 Å². The largest absolute Gasteiger partial charge is 0.480 e. The van der Waals surface area contributed by atoms with Crippen molar-refractivity contribution in [2.75, 3.05) is 11.5 Å². The lowest BCUT2D eigenvalue weighted by molar-refractivity contribution is -0.141. The molecular weight excluding hydrogens is 266 g/mol. The Morgan fingerprint density at radius 3 is 2.79 bits per heavy atom. The number of nitrogens with one attached hydrogen (secondary N) is 1. The van der Waals surface area contributed by atoms with Gasteiger partial charge >= 0.3 is 5.97 Å². The van der Waals surface area contributed by atoms with Gasteiger partial charge in [0.2, 0.25) is 5.91 Å². The molecule has 0 radical (unpaired) electrons. The van der Waals surface area contributed by atoms with E-state index in [1.54, 1.807) is 18.0 Å². The third kappa shape index (κ3) is 5.78. The number of carbonyl (C=O) groups excluding carboxylic acids is 1. The van der Waals surface area contributed by atoms with Crippen LogP contribution in [0.4, 0.5) is 0 Å². The highest BCUT2D eigenvalue weighted by atomic mass is 32.2. The van der Waals surface area contributed by atoms with Crippen molar-refractivity contribution >= 4 is 23.6 Å². The maximum absolute atomic E-state index is 10.9. The van der Waals surface area contributed by atoms with E-state index in [2.05, 4.69) is 14.9 Å². The number of hydrogen-bond donors (Lipinski definition) is 2. The minimum absolute atomic E-state index is 0.313. The lowest BCUT2D eigenvalue weighted by Gasteiger charge is -2.12. The quantitative estimate of drug-likeness (QED) is 0.693. The van der Waals surface area contributed by atoms with Crippen molar-refractivity contribution in [2.24, 2.45) is 0 Å². The minimum Gasteiger partial charge on any atom is -0.480 e. The first-order valence-electron chi connectivity index (χ1n) is 6.06. The molecule has 1 heterocycles. The monoisotopic (exact) mass is 285 g/mol. The number of amides is 1. The van der Waals surface area contributed by atoms with E-state index >= 15 is 0 Å². The standard InChI is InChI=1S/C12H19N3O3S/c1-9-13-4-5-15(9)6-8-19-7-3-11(12(17)18)14-10(2)16/h4-5,11H,3,6-8H2,1-2H3,(H,14,16)(H,17,18). The number of aliphatic carboxylic acids is 1. The zero-order chi connectivity index (χ0) is 14.3. The Hall–Kier alpha value is -1.50. The van der Waals surface area contributed by atoms with Crippen LogP contribution in [0.3, 0.4) is 0 Å². The second-order valence-corrected chi connectivity index (χ2v) is 5.38. The molecule has 0 spiro atoms. The minimum atomic E-state index is -0.985. The molecule has 0 bridgehead atoms. The van der Waals surface area contributed by atoms with Crippen molar-refractivity contribution in [2.45, 2.75) is 32.9 Å². The number of imidazole rings is 1. The summed E-state index contributed by atoms with van der Waals surface area (Å²) in [5.74, 6) is 1.27. The van der Waals surface area contributed by atoms with Crippen LogP contribution >= 0.6 is 11.8 Å². The number of aryl methyl sites for hydroxylation is 2. The first-order valence-corrected chi connectivity index (χ1v) is 7.21. The van der Waals surface area contributed by atoms with Crippen LogP contribution < -0.4 is 5.32 Å². The molecule has 106 valence electrons. The lowest BCUT2D eigenvalue weighted by atomic mass is 10.2. The molecule has 1 amide bonds. The van der Waals surface area contributed by atoms with Crippen molar-refractivity contribution in [1.29, 1.82) is 0 Å². The summed E-state index contributed by atoms with van der Waals surface area (Å²) in [5, 5.41) is 11.4. The second kappa shape index (κ2) is 7.83. The third-order valence-electron chi connectivity index (χ3n) is 2.63. The van der Waals surface area contributed by atoms with Gasteiger partial charge in [-0.2, -0.15) is 11.8 Å². The molecule has 1 unspecified atom stereocenters. The molecule has 0 fully saturated rings. The molecule has 0 saturated heterocycles. The fraction of sp³-hybridized carbons (Fsp3) is 0.583. The molecule has 2 N–H and O–H groups in total. The van der Waals surface area contributed by atoms with Crippen molar-refractivity contribution in [1.82, 2.24) is 14.9 Å². The first-order chi connectivity index (χ1) is 9.00. The molecule has 19 heavy (non-hydrogen) atoms. The summed E-state index contributed by atoms with van der Waals surface area (Å²) >= 11 is 1.67. The molecule has 1 aromatic heterocycles. The summed E-state index contributed by atoms with van der Waals surface area (Å²) in [7, 11) is 0. The van der Waals surface area contributed by atoms with Gasteiger partial charge in [-0.05, 0) is 19.1 Å². The Morgan fingerprint density at radius 2 is 2.26 bits per heavy atom. The fourth-order valence-electron chi connectivity index (χ4n) is 1.61. The number of aromatic nitrogens is 2. The number of carboxylic acids is 1. The number of carbonyl (C=O) groups is 2. The maximum Gasteiger partial charge on any atom is 0.326 e. The Morgan fingerprint density at radius 1 is 1.53 bits per heavy atom. The van der Waals surface area contributed by atoms with Crippen LogP contribution in [-0.4, -0.2) is 44.1 Å². The molecular formula is C12H19N3O3S. The zero-order valence-electron chi connectivity index (χ0n) is 11.1. The average Bonchev–Trinajstić information content (AvgIpc) is 2.72. The molecule has 0 aliphatic rings. The summed E-state index contributed by atoms with van der Waals surface area (Å²) in [5.41, 5.74) is 0. The molecule has 7 heteroatoms. The number of hydrogen-bond acceptors (Lipinski definition) is 4. The van der Waals surface area contributed by atoms with Gasteiger partial charge in [0.25, 0.3) is 0 Å². The summed E-state index contributed by atoms with van der Waals surface area (Å²) in [6, 6.07) is -0.792. The van der Waals surface area contributed by atoms with Crippen LogP contribution in [0.1, 0.15) is 19.2 Å². The van der Waals surface area contributed by atoms with E-state index < -0.39 is 12.0 Å². The Labute approximate surface area is 116 Å². The summed E-state index contributed by atoms with van der Waals surface area (Å²) in [4.78, 5) is 25.9. The molecule has 1 atom stereocenters. The highest BCUT2D eigenvalue weighted by molar-refractivity contribution is 7.99. The second-order valence-electron chi connectivity index (χ2n) is 4.16. The number of carboxylic acid groups (broad SMARTS) is 1. The predicted molar refractivity (Wildman–Crippen MR) is 74.1 cm³/mol. The summed E-state index contributed by atoms with van der Waals surface area (Å²) in [6.07, 6.45) is 4.12. The van der Waals surface area contributed by atoms with Crippen molar-refractivity contribution in [3.63, 3.8) is 0 Å². The number of thioether (sulfide) groups is 1. The van der Waals surface area contributed by atoms with Crippen LogP contribution in [0, 0.1) is 6.92 Å². The Bertz CT molecular complexity index is 434. The Balaban J connectivity index is 2.20. The number of nitrogens with zero attached hydrogens (tertiary/aromatic N) is 2. The summed E-state index contributed by atoms with van der Waals surface area (Å²) < 4.78 is 2.05. The van der Waals surface area contributed by atoms with E-state index in [0.717, 1.165) is 18.1 Å². The average molecular weight is 285 g/mol. The highest BCUT2D eigenvalue weighted by Crippen LogP contribution is 2.07. The molecule has 0 aromatic carbocycles. The maximum atomic E-state index is 10.9. The van der Waals surface area contributed by atoms with E-state index in [-0.39, 0.29) is 5.91 Å². The van der Waals surface area contributed by atoms with Gasteiger partial charge in [-0.1, -0.05) is 0 Å². The molecule has 1 aromatic rings. The predicted octanol–water partition coefficient (Wildman–Crippen LogP) is 0.904. The topological polar surface area (TPSA) is 84.2 Å². The molecule has 0 aliphatic carbocycles. The fourth-order valence-corrected chi connectivity index (χ4v) is 2.54. The number of rotatable bonds is 8. The SMILES string of the molecule is CC(=O)NC(CCSCCn1ccnc1C)C(=O)O. The summed E-state index contributed by atoms with van der Waals surface area (Å²) in [6.45, 7) is 4.13. The molecule has 1 rings (SSSR count). The van der Waals surface area contributed by atoms with Gasteiger partial charge in [0.15, 0.2) is 0 Å². The van der Waals surface area contributed by atoms with Crippen LogP contribution in [-0.2, 0) is 16.1 Å². The van der Waals surface area contributed by atoms with Crippen molar-refractivity contribution < 1.29 is 14.7 Å². The van der Waals surface area contributed by atoms with Crippen LogP contribution in [0.2, 0.25) is 0 Å². The van der Waals surface area contributed by atoms with Gasteiger partial charge in [-0.3, -0.25) is 4.79 Å². The molecule has 0 saturated carbocycles. The van der Waals surface area contributed by atoms with E-state index in [1.165, 1.54) is 6.92 Å². The van der Waals surface area contributed by atoms with Crippen LogP contribution in [0.25, 0.3) is 0 Å². The smallest absolute Gasteiger partial charge is 0.326 e. The first kappa shape index (κ1) is 15.6. The molecule has 6 nitrogen and oxygen atoms in total. The van der Waals surface area contributed by atoms with E-state index in [9.17, 15) is 9.59 Å². The third-order valence-corrected chi connectivity index (χ3v) is 3.62. The van der Waals surface area contributed by atoms with E-state index in [4.69, 9.17) is 5.11 Å². The molecule has 0 aliphatic heterocycles. The van der Waals surface area contributed by atoms with Crippen LogP contribution in [0.15, 0.2) is 12.4 Å². The van der Waals surface area contributed by atoms with Gasteiger partial charge in [-0.25, -0.2) is 9.78 Å². The lowest BCUT2D eigenvalue weighted by Crippen LogP contribution is -2.39. The Kier molecular flexibility index (Phi) is 6.41. The van der Waals surface area contributed by atoms with Gasteiger partial charge in [0, 0.05) is 31.6 Å². The van der Waals surface area contributed by atoms with E-state index in [0.29, 0.717) is 12.2 Å². The van der Waals surface area contributed by atoms with Gasteiger partial charge in [0.1, 0.15) is 11.9 Å².